The SMILES string of the molecule is O=C(O)c1cc(S(=O)(=O)O)ccc1O.[Na+]. The van der Waals surface area contributed by atoms with Crippen molar-refractivity contribution in [3.63, 3.8) is 0 Å². The zero-order valence-corrected chi connectivity index (χ0v) is 10.5. The minimum absolute atomic E-state index is 0. The van der Waals surface area contributed by atoms with E-state index in [2.05, 4.69) is 0 Å². The van der Waals surface area contributed by atoms with Crippen LogP contribution in [0.25, 0.3) is 0 Å². The molecule has 1 aromatic rings. The summed E-state index contributed by atoms with van der Waals surface area (Å²) in [5, 5.41) is 17.5. The molecule has 0 bridgehead atoms. The van der Waals surface area contributed by atoms with Crippen LogP contribution in [0, 0.1) is 0 Å². The van der Waals surface area contributed by atoms with E-state index in [-0.39, 0.29) is 29.6 Å². The van der Waals surface area contributed by atoms with E-state index in [9.17, 15) is 13.2 Å². The Bertz CT molecular complexity index is 480. The fourth-order valence-electron chi connectivity index (χ4n) is 0.847. The zero-order valence-electron chi connectivity index (χ0n) is 7.71. The second kappa shape index (κ2) is 4.95. The summed E-state index contributed by atoms with van der Waals surface area (Å²) in [6.07, 6.45) is 0. The number of carbonyl (C=O) groups is 1. The molecule has 0 saturated carbocycles. The molecule has 1 rings (SSSR count). The Kier molecular flexibility index (Phi) is 4.75. The van der Waals surface area contributed by atoms with Crippen molar-refractivity contribution in [2.45, 2.75) is 4.90 Å². The Morgan fingerprint density at radius 3 is 2.20 bits per heavy atom. The van der Waals surface area contributed by atoms with Gasteiger partial charge in [-0.05, 0) is 18.2 Å². The zero-order chi connectivity index (χ0) is 10.9. The molecule has 0 radical (unpaired) electrons. The molecule has 0 aliphatic rings. The number of hydrogen-bond acceptors (Lipinski definition) is 4. The van der Waals surface area contributed by atoms with Gasteiger partial charge in [-0.25, -0.2) is 4.79 Å². The molecule has 0 fully saturated rings. The number of carboxylic acid groups (broad SMARTS) is 1. The smallest absolute Gasteiger partial charge is 0.507 e. The quantitative estimate of drug-likeness (QED) is 0.385. The minimum atomic E-state index is -4.45. The predicted octanol–water partition coefficient (Wildman–Crippen LogP) is -2.66. The van der Waals surface area contributed by atoms with Crippen LogP contribution < -0.4 is 29.6 Å². The Balaban J connectivity index is 0.00000196. The molecule has 0 atom stereocenters. The summed E-state index contributed by atoms with van der Waals surface area (Å²) in [4.78, 5) is 9.89. The van der Waals surface area contributed by atoms with E-state index in [1.54, 1.807) is 0 Å². The first-order valence-electron chi connectivity index (χ1n) is 3.36. The second-order valence-electron chi connectivity index (χ2n) is 2.46. The van der Waals surface area contributed by atoms with Gasteiger partial charge in [0.1, 0.15) is 11.3 Å². The van der Waals surface area contributed by atoms with Crippen molar-refractivity contribution in [3.05, 3.63) is 23.8 Å². The van der Waals surface area contributed by atoms with Crippen molar-refractivity contribution >= 4 is 16.1 Å². The number of carboxylic acids is 1. The van der Waals surface area contributed by atoms with Crippen LogP contribution in [0.2, 0.25) is 0 Å². The van der Waals surface area contributed by atoms with Crippen LogP contribution in [0.5, 0.6) is 5.75 Å². The molecular weight excluding hydrogens is 235 g/mol. The van der Waals surface area contributed by atoms with Crippen LogP contribution in [0.3, 0.4) is 0 Å². The van der Waals surface area contributed by atoms with Crippen molar-refractivity contribution in [3.8, 4) is 5.75 Å². The van der Waals surface area contributed by atoms with Crippen molar-refractivity contribution in [2.75, 3.05) is 0 Å². The van der Waals surface area contributed by atoms with Crippen LogP contribution in [-0.4, -0.2) is 29.2 Å². The molecule has 1 aromatic carbocycles. The maximum atomic E-state index is 10.6. The first-order valence-corrected chi connectivity index (χ1v) is 4.80. The van der Waals surface area contributed by atoms with E-state index < -0.39 is 32.3 Å². The van der Waals surface area contributed by atoms with Gasteiger partial charge in [0.25, 0.3) is 10.1 Å². The largest absolute Gasteiger partial charge is 1.00 e. The van der Waals surface area contributed by atoms with E-state index in [1.807, 2.05) is 0 Å². The third-order valence-electron chi connectivity index (χ3n) is 1.50. The van der Waals surface area contributed by atoms with Crippen LogP contribution in [0.4, 0.5) is 0 Å². The molecule has 0 spiro atoms. The fraction of sp³-hybridized carbons (Fsp3) is 0. The van der Waals surface area contributed by atoms with Crippen LogP contribution in [0.1, 0.15) is 10.4 Å². The molecule has 0 amide bonds. The fourth-order valence-corrected chi connectivity index (χ4v) is 1.35. The first-order chi connectivity index (χ1) is 6.32. The molecule has 0 aromatic heterocycles. The third-order valence-corrected chi connectivity index (χ3v) is 2.35. The summed E-state index contributed by atoms with van der Waals surface area (Å²) < 4.78 is 29.8. The number of phenols is 1. The van der Waals surface area contributed by atoms with Gasteiger partial charge in [-0.3, -0.25) is 4.55 Å². The third kappa shape index (κ3) is 3.47. The van der Waals surface area contributed by atoms with E-state index >= 15 is 0 Å². The van der Waals surface area contributed by atoms with E-state index in [4.69, 9.17) is 14.8 Å². The van der Waals surface area contributed by atoms with Crippen molar-refractivity contribution < 1.29 is 57.5 Å². The molecule has 0 saturated heterocycles. The normalized spacial score (nSPS) is 10.5. The maximum absolute atomic E-state index is 10.6. The topological polar surface area (TPSA) is 112 Å². The van der Waals surface area contributed by atoms with Gasteiger partial charge in [0.2, 0.25) is 0 Å². The number of aromatic carboxylic acids is 1. The van der Waals surface area contributed by atoms with Gasteiger partial charge in [-0.2, -0.15) is 8.42 Å². The molecular formula is C7H6NaO6S+. The summed E-state index contributed by atoms with van der Waals surface area (Å²) >= 11 is 0. The van der Waals surface area contributed by atoms with Gasteiger partial charge in [-0.1, -0.05) is 0 Å². The number of hydrogen-bond donors (Lipinski definition) is 3. The average molecular weight is 241 g/mol. The Morgan fingerprint density at radius 1 is 1.27 bits per heavy atom. The summed E-state index contributed by atoms with van der Waals surface area (Å²) in [6, 6.07) is 2.46. The van der Waals surface area contributed by atoms with Crippen molar-refractivity contribution in [1.29, 1.82) is 0 Å². The molecule has 15 heavy (non-hydrogen) atoms. The van der Waals surface area contributed by atoms with Gasteiger partial charge in [0, 0.05) is 0 Å². The Hall–Kier alpha value is -0.600. The van der Waals surface area contributed by atoms with Crippen LogP contribution in [-0.2, 0) is 10.1 Å². The monoisotopic (exact) mass is 241 g/mol. The summed E-state index contributed by atoms with van der Waals surface area (Å²) in [5.41, 5.74) is -0.583. The van der Waals surface area contributed by atoms with Crippen molar-refractivity contribution in [2.24, 2.45) is 0 Å². The molecule has 76 valence electrons. The molecule has 3 N–H and O–H groups in total. The molecule has 6 nitrogen and oxygen atoms in total. The van der Waals surface area contributed by atoms with E-state index in [0.717, 1.165) is 12.1 Å². The van der Waals surface area contributed by atoms with Gasteiger partial charge >= 0.3 is 35.5 Å². The van der Waals surface area contributed by atoms with Crippen LogP contribution in [0.15, 0.2) is 23.1 Å². The predicted molar refractivity (Wildman–Crippen MR) is 44.9 cm³/mol. The minimum Gasteiger partial charge on any atom is -0.507 e. The molecule has 0 aliphatic heterocycles. The van der Waals surface area contributed by atoms with Crippen LogP contribution >= 0.6 is 0 Å². The van der Waals surface area contributed by atoms with E-state index in [1.165, 1.54) is 0 Å². The molecule has 0 heterocycles. The molecule has 0 aliphatic carbocycles. The first kappa shape index (κ1) is 14.4. The Labute approximate surface area is 108 Å². The summed E-state index contributed by atoms with van der Waals surface area (Å²) in [6.45, 7) is 0. The van der Waals surface area contributed by atoms with Gasteiger partial charge in [0.05, 0.1) is 4.90 Å². The Morgan fingerprint density at radius 2 is 1.80 bits per heavy atom. The number of benzene rings is 1. The van der Waals surface area contributed by atoms with Gasteiger partial charge < -0.3 is 10.2 Å². The van der Waals surface area contributed by atoms with E-state index in [0.29, 0.717) is 6.07 Å². The standard InChI is InChI=1S/C7H6O6S.Na/c8-6-2-1-4(14(11,12)13)3-5(6)7(9)10;/h1-3,8H,(H,9,10)(H,11,12,13);/q;+1. The summed E-state index contributed by atoms with van der Waals surface area (Å²) in [7, 11) is -4.45. The molecule has 8 heteroatoms. The van der Waals surface area contributed by atoms with Gasteiger partial charge in [0.15, 0.2) is 0 Å². The van der Waals surface area contributed by atoms with Crippen molar-refractivity contribution in [1.82, 2.24) is 0 Å². The number of rotatable bonds is 2. The molecule has 0 unspecified atom stereocenters. The average Bonchev–Trinajstić information content (AvgIpc) is 2.02. The van der Waals surface area contributed by atoms with Gasteiger partial charge in [-0.15, -0.1) is 0 Å². The number of aromatic hydroxyl groups is 1. The summed E-state index contributed by atoms with van der Waals surface area (Å²) in [5.74, 6) is -2.04. The second-order valence-corrected chi connectivity index (χ2v) is 3.88. The maximum Gasteiger partial charge on any atom is 1.00 e.